The molecule has 7 rings (SSSR count). The molecule has 0 saturated carbocycles. The number of alkyl halides is 3. The number of amides is 1. The Morgan fingerprint density at radius 3 is 1.78 bits per heavy atom. The molecule has 0 aliphatic carbocycles. The second-order valence-corrected chi connectivity index (χ2v) is 11.6. The molecule has 1 fully saturated rings. The minimum absolute atomic E-state index is 0.253. The maximum atomic E-state index is 13.9. The number of carbonyl (C=O) groups is 1. The Morgan fingerprint density at radius 2 is 1.26 bits per heavy atom. The fraction of sp³-hybridized carbons (Fsp3) is 0.184. The van der Waals surface area contributed by atoms with Gasteiger partial charge >= 0.3 is 6.18 Å². The smallest absolute Gasteiger partial charge is 0.330 e. The van der Waals surface area contributed by atoms with E-state index in [9.17, 15) is 18.0 Å². The number of pyridine rings is 1. The summed E-state index contributed by atoms with van der Waals surface area (Å²) in [6.07, 6.45) is -2.99. The molecule has 8 heteroatoms. The first kappa shape index (κ1) is 29.5. The van der Waals surface area contributed by atoms with Crippen LogP contribution in [0.4, 0.5) is 13.2 Å². The lowest BCUT2D eigenvalue weighted by Crippen LogP contribution is -2.38. The van der Waals surface area contributed by atoms with E-state index in [4.69, 9.17) is 10.1 Å². The number of rotatable bonds is 6. The summed E-state index contributed by atoms with van der Waals surface area (Å²) in [5.74, 6) is -0.253. The summed E-state index contributed by atoms with van der Waals surface area (Å²) in [5.41, 5.74) is 4.54. The van der Waals surface area contributed by atoms with Gasteiger partial charge in [-0.3, -0.25) is 4.79 Å². The minimum atomic E-state index is -4.41. The fourth-order valence-corrected chi connectivity index (χ4v) is 6.82. The second-order valence-electron chi connectivity index (χ2n) is 11.6. The average Bonchev–Trinajstić information content (AvgIpc) is 3.71. The van der Waals surface area contributed by atoms with Gasteiger partial charge in [-0.15, -0.1) is 0 Å². The number of benzene rings is 4. The number of hydrogen-bond donors (Lipinski definition) is 0. The lowest BCUT2D eigenvalue weighted by atomic mass is 9.77. The molecule has 230 valence electrons. The van der Waals surface area contributed by atoms with Crippen molar-refractivity contribution >= 4 is 16.9 Å². The van der Waals surface area contributed by atoms with E-state index in [1.54, 1.807) is 11.0 Å². The molecular weight excluding hydrogens is 585 g/mol. The summed E-state index contributed by atoms with van der Waals surface area (Å²) in [4.78, 5) is 20.5. The van der Waals surface area contributed by atoms with Gasteiger partial charge in [0.1, 0.15) is 16.7 Å². The first-order valence-electron chi connectivity index (χ1n) is 15.3. The molecule has 0 spiro atoms. The van der Waals surface area contributed by atoms with Crippen molar-refractivity contribution in [1.29, 1.82) is 0 Å². The Bertz CT molecular complexity index is 1890. The number of nitrogens with zero attached hydrogens (tertiary/aromatic N) is 4. The highest BCUT2D eigenvalue weighted by Gasteiger charge is 2.41. The third kappa shape index (κ3) is 4.94. The lowest BCUT2D eigenvalue weighted by Gasteiger charge is -2.37. The number of carbonyl (C=O) groups excluding carboxylic acids is 1. The van der Waals surface area contributed by atoms with Crippen molar-refractivity contribution in [3.05, 3.63) is 167 Å². The number of hydrogen-bond acceptors (Lipinski definition) is 3. The quantitative estimate of drug-likeness (QED) is 0.176. The number of halogens is 3. The van der Waals surface area contributed by atoms with Crippen LogP contribution in [-0.2, 0) is 11.7 Å². The van der Waals surface area contributed by atoms with Gasteiger partial charge in [0, 0.05) is 6.54 Å². The van der Waals surface area contributed by atoms with E-state index in [1.165, 1.54) is 12.1 Å². The Kier molecular flexibility index (Phi) is 7.43. The fourth-order valence-electron chi connectivity index (χ4n) is 6.82. The maximum Gasteiger partial charge on any atom is 0.416 e. The zero-order valence-corrected chi connectivity index (χ0v) is 25.2. The van der Waals surface area contributed by atoms with E-state index in [0.29, 0.717) is 29.7 Å². The molecule has 0 unspecified atom stereocenters. The summed E-state index contributed by atoms with van der Waals surface area (Å²) in [6, 6.07) is 39.1. The van der Waals surface area contributed by atoms with Gasteiger partial charge in [-0.05, 0) is 66.3 Å². The molecule has 1 saturated heterocycles. The van der Waals surface area contributed by atoms with Gasteiger partial charge < -0.3 is 4.90 Å². The van der Waals surface area contributed by atoms with Crippen LogP contribution in [0.2, 0.25) is 0 Å². The molecule has 1 aliphatic heterocycles. The van der Waals surface area contributed by atoms with Crippen molar-refractivity contribution in [1.82, 2.24) is 19.7 Å². The molecule has 0 bridgehead atoms. The van der Waals surface area contributed by atoms with E-state index >= 15 is 0 Å². The predicted octanol–water partition coefficient (Wildman–Crippen LogP) is 8.58. The van der Waals surface area contributed by atoms with Crippen molar-refractivity contribution in [3.63, 3.8) is 0 Å². The number of aryl methyl sites for hydroxylation is 1. The maximum absolute atomic E-state index is 13.9. The van der Waals surface area contributed by atoms with Crippen LogP contribution in [0.1, 0.15) is 62.9 Å². The average molecular weight is 617 g/mol. The van der Waals surface area contributed by atoms with Crippen LogP contribution in [0.5, 0.6) is 0 Å². The van der Waals surface area contributed by atoms with E-state index in [0.717, 1.165) is 40.8 Å². The normalized spacial score (nSPS) is 15.4. The van der Waals surface area contributed by atoms with Crippen molar-refractivity contribution < 1.29 is 18.0 Å². The molecule has 46 heavy (non-hydrogen) atoms. The monoisotopic (exact) mass is 616 g/mol. The summed E-state index contributed by atoms with van der Waals surface area (Å²) < 4.78 is 41.5. The molecule has 0 radical (unpaired) electrons. The van der Waals surface area contributed by atoms with Gasteiger partial charge in [0.25, 0.3) is 5.91 Å². The van der Waals surface area contributed by atoms with Crippen LogP contribution >= 0.6 is 0 Å². The lowest BCUT2D eigenvalue weighted by molar-refractivity contribution is -0.137. The SMILES string of the molecule is Cc1nn(C(c2ccccc2)(c2ccccc2)c2ccccc2)c2ccc(C(=O)N3CCC[C@H]3c3ccc(C(F)(F)F)cc3)nc12. The predicted molar refractivity (Wildman–Crippen MR) is 171 cm³/mol. The first-order valence-corrected chi connectivity index (χ1v) is 15.3. The molecule has 6 aromatic rings. The van der Waals surface area contributed by atoms with Gasteiger partial charge in [-0.25, -0.2) is 9.67 Å². The first-order chi connectivity index (χ1) is 22.3. The highest BCUT2D eigenvalue weighted by atomic mass is 19.4. The third-order valence-corrected chi connectivity index (χ3v) is 8.94. The molecule has 1 amide bonds. The summed E-state index contributed by atoms with van der Waals surface area (Å²) in [7, 11) is 0. The van der Waals surface area contributed by atoms with Crippen molar-refractivity contribution in [2.75, 3.05) is 6.54 Å². The number of aromatic nitrogens is 3. The molecule has 2 aromatic heterocycles. The standard InChI is InChI=1S/C38H31F3N4O/c1-26-35-34(24-23-32(42-35)36(46)44-25-11-18-33(44)27-19-21-31(22-20-27)38(39,40)41)45(43-26)37(28-12-5-2-6-13-28,29-14-7-3-8-15-29)30-16-9-4-10-17-30/h2-10,12-17,19-24,33H,11,18,25H2,1H3/t33-/m0/s1. The van der Waals surface area contributed by atoms with Gasteiger partial charge in [0.15, 0.2) is 0 Å². The number of likely N-dealkylation sites (tertiary alicyclic amines) is 1. The highest BCUT2D eigenvalue weighted by molar-refractivity contribution is 5.95. The highest BCUT2D eigenvalue weighted by Crippen LogP contribution is 2.43. The van der Waals surface area contributed by atoms with E-state index in [-0.39, 0.29) is 17.6 Å². The van der Waals surface area contributed by atoms with Crippen LogP contribution in [0.3, 0.4) is 0 Å². The largest absolute Gasteiger partial charge is 0.416 e. The van der Waals surface area contributed by atoms with E-state index < -0.39 is 17.3 Å². The third-order valence-electron chi connectivity index (χ3n) is 8.94. The molecule has 1 atom stereocenters. The van der Waals surface area contributed by atoms with Crippen LogP contribution in [-0.4, -0.2) is 32.1 Å². The van der Waals surface area contributed by atoms with Crippen molar-refractivity contribution in [2.45, 2.75) is 37.5 Å². The Morgan fingerprint density at radius 1 is 0.717 bits per heavy atom. The molecule has 4 aromatic carbocycles. The van der Waals surface area contributed by atoms with Crippen LogP contribution in [0, 0.1) is 6.92 Å². The number of fused-ring (bicyclic) bond motifs is 1. The van der Waals surface area contributed by atoms with Crippen LogP contribution in [0.25, 0.3) is 11.0 Å². The summed E-state index contributed by atoms with van der Waals surface area (Å²) >= 11 is 0. The van der Waals surface area contributed by atoms with Gasteiger partial charge in [-0.2, -0.15) is 18.3 Å². The zero-order valence-electron chi connectivity index (χ0n) is 25.2. The van der Waals surface area contributed by atoms with Crippen molar-refractivity contribution in [2.24, 2.45) is 0 Å². The molecule has 0 N–H and O–H groups in total. The van der Waals surface area contributed by atoms with E-state index in [1.807, 2.05) is 72.3 Å². The van der Waals surface area contributed by atoms with Crippen LogP contribution < -0.4 is 0 Å². The Hall–Kier alpha value is -5.24. The second kappa shape index (κ2) is 11.6. The molecular formula is C38H31F3N4O. The van der Waals surface area contributed by atoms with Gasteiger partial charge in [-0.1, -0.05) is 103 Å². The van der Waals surface area contributed by atoms with Gasteiger partial charge in [0.05, 0.1) is 22.8 Å². The Balaban J connectivity index is 1.34. The summed E-state index contributed by atoms with van der Waals surface area (Å²) in [5, 5.41) is 5.12. The minimum Gasteiger partial charge on any atom is -0.330 e. The topological polar surface area (TPSA) is 51.0 Å². The summed E-state index contributed by atoms with van der Waals surface area (Å²) in [6.45, 7) is 2.40. The van der Waals surface area contributed by atoms with Gasteiger partial charge in [0.2, 0.25) is 0 Å². The molecule has 5 nitrogen and oxygen atoms in total. The zero-order chi connectivity index (χ0) is 31.9. The van der Waals surface area contributed by atoms with Crippen molar-refractivity contribution in [3.8, 4) is 0 Å². The molecule has 3 heterocycles. The van der Waals surface area contributed by atoms with Crippen LogP contribution in [0.15, 0.2) is 127 Å². The Labute approximate surface area is 264 Å². The van der Waals surface area contributed by atoms with E-state index in [2.05, 4.69) is 36.4 Å². The molecule has 1 aliphatic rings.